The molecule has 0 unspecified atom stereocenters. The maximum atomic E-state index is 5.58. The smallest absolute Gasteiger partial charge is 0.123 e. The van der Waals surface area contributed by atoms with Crippen LogP contribution < -0.4 is 10.1 Å². The van der Waals surface area contributed by atoms with Gasteiger partial charge in [-0.25, -0.2) is 4.98 Å². The number of nitrogens with one attached hydrogen (secondary N) is 1. The molecule has 1 heterocycles. The highest BCUT2D eigenvalue weighted by molar-refractivity contribution is 7.15. The molecule has 1 aromatic carbocycles. The van der Waals surface area contributed by atoms with Gasteiger partial charge in [-0.15, -0.1) is 11.3 Å². The van der Waals surface area contributed by atoms with E-state index in [0.29, 0.717) is 0 Å². The Morgan fingerprint density at radius 2 is 2.00 bits per heavy atom. The Morgan fingerprint density at radius 1 is 1.21 bits per heavy atom. The molecular weight excluding hydrogens is 256 g/mol. The molecule has 0 aliphatic carbocycles. The third-order valence-corrected chi connectivity index (χ3v) is 3.72. The van der Waals surface area contributed by atoms with Gasteiger partial charge in [-0.2, -0.15) is 0 Å². The number of nitrogens with zero attached hydrogens (tertiary/aromatic N) is 1. The Labute approximate surface area is 118 Å². The molecule has 102 valence electrons. The van der Waals surface area contributed by atoms with Crippen molar-refractivity contribution in [2.24, 2.45) is 0 Å². The van der Waals surface area contributed by atoms with E-state index in [1.807, 2.05) is 18.3 Å². The predicted molar refractivity (Wildman–Crippen MR) is 80.7 cm³/mol. The summed E-state index contributed by atoms with van der Waals surface area (Å²) in [5.74, 6) is 0.926. The van der Waals surface area contributed by atoms with Gasteiger partial charge in [-0.05, 0) is 37.2 Å². The van der Waals surface area contributed by atoms with Crippen molar-refractivity contribution >= 4 is 11.3 Å². The standard InChI is InChI=1S/C15H20N2OS/c1-3-9-18-13-7-5-12(6-8-13)15-17-11-14(19-15)10-16-4-2/h5-8,11,16H,3-4,9-10H2,1-2H3. The summed E-state index contributed by atoms with van der Waals surface area (Å²) in [6.07, 6.45) is 2.98. The molecular formula is C15H20N2OS. The van der Waals surface area contributed by atoms with E-state index < -0.39 is 0 Å². The monoisotopic (exact) mass is 276 g/mol. The lowest BCUT2D eigenvalue weighted by atomic mass is 10.2. The van der Waals surface area contributed by atoms with Gasteiger partial charge in [-0.3, -0.25) is 0 Å². The summed E-state index contributed by atoms with van der Waals surface area (Å²) in [7, 11) is 0. The molecule has 2 rings (SSSR count). The van der Waals surface area contributed by atoms with Crippen molar-refractivity contribution in [3.63, 3.8) is 0 Å². The lowest BCUT2D eigenvalue weighted by Gasteiger charge is -2.04. The average Bonchev–Trinajstić information content (AvgIpc) is 2.92. The minimum absolute atomic E-state index is 0.767. The van der Waals surface area contributed by atoms with Crippen molar-refractivity contribution in [3.05, 3.63) is 35.3 Å². The molecule has 2 aromatic rings. The van der Waals surface area contributed by atoms with Gasteiger partial charge in [0.1, 0.15) is 10.8 Å². The highest BCUT2D eigenvalue weighted by Gasteiger charge is 2.04. The van der Waals surface area contributed by atoms with E-state index in [-0.39, 0.29) is 0 Å². The van der Waals surface area contributed by atoms with Crippen molar-refractivity contribution in [1.29, 1.82) is 0 Å². The van der Waals surface area contributed by atoms with E-state index in [1.54, 1.807) is 11.3 Å². The van der Waals surface area contributed by atoms with Crippen LogP contribution in [0.5, 0.6) is 5.75 Å². The first-order chi connectivity index (χ1) is 9.33. The molecule has 0 aliphatic rings. The normalized spacial score (nSPS) is 10.6. The molecule has 0 saturated carbocycles. The molecule has 0 saturated heterocycles. The Kier molecular flexibility index (Phi) is 5.36. The van der Waals surface area contributed by atoms with Crippen molar-refractivity contribution in [1.82, 2.24) is 10.3 Å². The zero-order valence-electron chi connectivity index (χ0n) is 11.5. The van der Waals surface area contributed by atoms with Crippen molar-refractivity contribution < 1.29 is 4.74 Å². The highest BCUT2D eigenvalue weighted by atomic mass is 32.1. The van der Waals surface area contributed by atoms with Crippen molar-refractivity contribution in [2.45, 2.75) is 26.8 Å². The zero-order chi connectivity index (χ0) is 13.5. The number of ether oxygens (including phenoxy) is 1. The van der Waals surface area contributed by atoms with Gasteiger partial charge in [-0.1, -0.05) is 13.8 Å². The molecule has 0 amide bonds. The second-order valence-electron chi connectivity index (χ2n) is 4.28. The van der Waals surface area contributed by atoms with Crippen LogP contribution in [0.1, 0.15) is 25.1 Å². The first-order valence-electron chi connectivity index (χ1n) is 6.72. The van der Waals surface area contributed by atoms with Gasteiger partial charge >= 0.3 is 0 Å². The molecule has 4 heteroatoms. The third kappa shape index (κ3) is 4.04. The number of hydrogen-bond donors (Lipinski definition) is 1. The van der Waals surface area contributed by atoms with Crippen LogP contribution in [0.25, 0.3) is 10.6 Å². The molecule has 0 radical (unpaired) electrons. The third-order valence-electron chi connectivity index (χ3n) is 2.68. The van der Waals surface area contributed by atoms with Gasteiger partial charge in [0.05, 0.1) is 6.61 Å². The minimum atomic E-state index is 0.767. The van der Waals surface area contributed by atoms with E-state index in [9.17, 15) is 0 Å². The second kappa shape index (κ2) is 7.26. The number of hydrogen-bond acceptors (Lipinski definition) is 4. The molecule has 0 fully saturated rings. The summed E-state index contributed by atoms with van der Waals surface area (Å²) in [4.78, 5) is 5.74. The van der Waals surface area contributed by atoms with E-state index in [4.69, 9.17) is 4.74 Å². The highest BCUT2D eigenvalue weighted by Crippen LogP contribution is 2.26. The average molecular weight is 276 g/mol. The predicted octanol–water partition coefficient (Wildman–Crippen LogP) is 3.71. The first-order valence-corrected chi connectivity index (χ1v) is 7.53. The molecule has 1 N–H and O–H groups in total. The van der Waals surface area contributed by atoms with Gasteiger partial charge in [0.25, 0.3) is 0 Å². The van der Waals surface area contributed by atoms with Crippen LogP contribution in [0.3, 0.4) is 0 Å². The fourth-order valence-electron chi connectivity index (χ4n) is 1.68. The Balaban J connectivity index is 2.02. The molecule has 1 aromatic heterocycles. The first kappa shape index (κ1) is 14.0. The van der Waals surface area contributed by atoms with Gasteiger partial charge in [0.2, 0.25) is 0 Å². The van der Waals surface area contributed by atoms with Crippen LogP contribution in [-0.2, 0) is 6.54 Å². The number of benzene rings is 1. The Morgan fingerprint density at radius 3 is 2.68 bits per heavy atom. The number of aromatic nitrogens is 1. The van der Waals surface area contributed by atoms with Crippen LogP contribution >= 0.6 is 11.3 Å². The van der Waals surface area contributed by atoms with E-state index in [0.717, 1.165) is 42.4 Å². The summed E-state index contributed by atoms with van der Waals surface area (Å²) >= 11 is 1.74. The summed E-state index contributed by atoms with van der Waals surface area (Å²) in [5, 5.41) is 4.38. The molecule has 0 atom stereocenters. The summed E-state index contributed by atoms with van der Waals surface area (Å²) in [6.45, 7) is 6.86. The quantitative estimate of drug-likeness (QED) is 0.837. The lowest BCUT2D eigenvalue weighted by molar-refractivity contribution is 0.317. The fraction of sp³-hybridized carbons (Fsp3) is 0.400. The van der Waals surface area contributed by atoms with E-state index in [2.05, 4.69) is 36.3 Å². The van der Waals surface area contributed by atoms with Crippen LogP contribution in [0, 0.1) is 0 Å². The molecule has 3 nitrogen and oxygen atoms in total. The van der Waals surface area contributed by atoms with E-state index in [1.165, 1.54) is 4.88 Å². The summed E-state index contributed by atoms with van der Waals surface area (Å²) in [6, 6.07) is 8.16. The van der Waals surface area contributed by atoms with Gasteiger partial charge in [0.15, 0.2) is 0 Å². The fourth-order valence-corrected chi connectivity index (χ4v) is 2.57. The van der Waals surface area contributed by atoms with Crippen LogP contribution in [0.2, 0.25) is 0 Å². The SMILES string of the molecule is CCCOc1ccc(-c2ncc(CNCC)s2)cc1. The minimum Gasteiger partial charge on any atom is -0.494 e. The molecule has 0 aliphatic heterocycles. The number of thiazole rings is 1. The van der Waals surface area contributed by atoms with Crippen LogP contribution in [0.4, 0.5) is 0 Å². The summed E-state index contributed by atoms with van der Waals surface area (Å²) in [5.41, 5.74) is 1.15. The van der Waals surface area contributed by atoms with Crippen LogP contribution in [0.15, 0.2) is 30.5 Å². The topological polar surface area (TPSA) is 34.1 Å². The van der Waals surface area contributed by atoms with Crippen molar-refractivity contribution in [3.8, 4) is 16.3 Å². The maximum absolute atomic E-state index is 5.58. The Bertz CT molecular complexity index is 493. The van der Waals surface area contributed by atoms with Crippen molar-refractivity contribution in [2.75, 3.05) is 13.2 Å². The molecule has 0 spiro atoms. The Hall–Kier alpha value is -1.39. The van der Waals surface area contributed by atoms with E-state index >= 15 is 0 Å². The zero-order valence-corrected chi connectivity index (χ0v) is 12.3. The molecule has 19 heavy (non-hydrogen) atoms. The van der Waals surface area contributed by atoms with Gasteiger partial charge < -0.3 is 10.1 Å². The largest absolute Gasteiger partial charge is 0.494 e. The van der Waals surface area contributed by atoms with Gasteiger partial charge in [0, 0.05) is 23.2 Å². The van der Waals surface area contributed by atoms with Crippen LogP contribution in [-0.4, -0.2) is 18.1 Å². The molecule has 0 bridgehead atoms. The lowest BCUT2D eigenvalue weighted by Crippen LogP contribution is -2.10. The summed E-state index contributed by atoms with van der Waals surface area (Å²) < 4.78 is 5.58. The second-order valence-corrected chi connectivity index (χ2v) is 5.40. The maximum Gasteiger partial charge on any atom is 0.123 e. The number of rotatable bonds is 7.